The number of benzene rings is 1. The Morgan fingerprint density at radius 3 is 2.32 bits per heavy atom. The minimum absolute atomic E-state index is 0.213. The van der Waals surface area contributed by atoms with Crippen molar-refractivity contribution in [2.75, 3.05) is 38.3 Å². The van der Waals surface area contributed by atoms with Gasteiger partial charge in [0.05, 0.1) is 11.2 Å². The van der Waals surface area contributed by atoms with Crippen molar-refractivity contribution in [2.45, 2.75) is 11.3 Å². The molecule has 1 saturated heterocycles. The van der Waals surface area contributed by atoms with Crippen LogP contribution >= 0.6 is 0 Å². The maximum absolute atomic E-state index is 11.6. The van der Waals surface area contributed by atoms with Gasteiger partial charge in [-0.1, -0.05) is 0 Å². The van der Waals surface area contributed by atoms with Crippen LogP contribution in [0.25, 0.3) is 0 Å². The van der Waals surface area contributed by atoms with E-state index in [0.29, 0.717) is 19.6 Å². The van der Waals surface area contributed by atoms with Gasteiger partial charge < -0.3 is 5.32 Å². The van der Waals surface area contributed by atoms with E-state index in [9.17, 15) is 16.8 Å². The van der Waals surface area contributed by atoms with Crippen molar-refractivity contribution in [3.05, 3.63) is 24.3 Å². The third-order valence-corrected chi connectivity index (χ3v) is 6.45. The quantitative estimate of drug-likeness (QED) is 0.771. The summed E-state index contributed by atoms with van der Waals surface area (Å²) in [5, 5.41) is 3.22. The summed E-state index contributed by atoms with van der Waals surface area (Å²) in [6, 6.07) is 6.47. The van der Waals surface area contributed by atoms with Crippen LogP contribution in [-0.2, 0) is 20.0 Å². The Labute approximate surface area is 131 Å². The number of rotatable bonds is 6. The van der Waals surface area contributed by atoms with E-state index in [1.54, 1.807) is 12.1 Å². The molecule has 9 heteroatoms. The summed E-state index contributed by atoms with van der Waals surface area (Å²) in [6.45, 7) is 1.74. The van der Waals surface area contributed by atoms with E-state index in [1.165, 1.54) is 29.7 Å². The molecule has 1 aromatic carbocycles. The van der Waals surface area contributed by atoms with Crippen LogP contribution < -0.4 is 10.0 Å². The van der Waals surface area contributed by atoms with Crippen molar-refractivity contribution >= 4 is 25.7 Å². The molecule has 0 aliphatic carbocycles. The molecule has 124 valence electrons. The summed E-state index contributed by atoms with van der Waals surface area (Å²) in [4.78, 5) is 0.213. The second-order valence-electron chi connectivity index (χ2n) is 5.39. The number of nitrogens with zero attached hydrogens (tertiary/aromatic N) is 1. The smallest absolute Gasteiger partial charge is 0.240 e. The van der Waals surface area contributed by atoms with Gasteiger partial charge in [0.1, 0.15) is 0 Å². The number of anilines is 1. The topological polar surface area (TPSA) is 95.6 Å². The van der Waals surface area contributed by atoms with E-state index in [2.05, 4.69) is 10.0 Å². The third-order valence-electron chi connectivity index (χ3n) is 3.75. The lowest BCUT2D eigenvalue weighted by molar-refractivity contribution is 0.466. The Kier molecular flexibility index (Phi) is 5.10. The van der Waals surface area contributed by atoms with Gasteiger partial charge in [-0.25, -0.2) is 25.9 Å². The van der Waals surface area contributed by atoms with Crippen LogP contribution in [0.2, 0.25) is 0 Å². The maximum Gasteiger partial charge on any atom is 0.240 e. The van der Waals surface area contributed by atoms with E-state index >= 15 is 0 Å². The predicted octanol–water partition coefficient (Wildman–Crippen LogP) is 0.288. The zero-order valence-corrected chi connectivity index (χ0v) is 14.2. The maximum atomic E-state index is 11.6. The van der Waals surface area contributed by atoms with Crippen molar-refractivity contribution in [3.8, 4) is 0 Å². The van der Waals surface area contributed by atoms with E-state index in [1.807, 2.05) is 0 Å². The van der Waals surface area contributed by atoms with Crippen LogP contribution in [0.3, 0.4) is 0 Å². The van der Waals surface area contributed by atoms with Gasteiger partial charge in [-0.2, -0.15) is 0 Å². The van der Waals surface area contributed by atoms with E-state index in [-0.39, 0.29) is 10.8 Å². The normalized spacial score (nSPS) is 20.2. The summed E-state index contributed by atoms with van der Waals surface area (Å²) < 4.78 is 49.9. The largest absolute Gasteiger partial charge is 0.385 e. The summed E-state index contributed by atoms with van der Waals surface area (Å²) in [6.07, 6.45) is 2.05. The lowest BCUT2D eigenvalue weighted by atomic mass is 10.1. The van der Waals surface area contributed by atoms with Crippen LogP contribution in [0, 0.1) is 5.92 Å². The highest BCUT2D eigenvalue weighted by molar-refractivity contribution is 7.89. The van der Waals surface area contributed by atoms with Crippen molar-refractivity contribution in [2.24, 2.45) is 5.92 Å². The molecular weight excluding hydrogens is 326 g/mol. The van der Waals surface area contributed by atoms with E-state index < -0.39 is 20.0 Å². The number of hydrogen-bond acceptors (Lipinski definition) is 5. The molecule has 0 spiro atoms. The summed E-state index contributed by atoms with van der Waals surface area (Å²) in [5.41, 5.74) is 0.813. The highest BCUT2D eigenvalue weighted by Gasteiger charge is 2.28. The van der Waals surface area contributed by atoms with Crippen LogP contribution in [0.4, 0.5) is 5.69 Å². The first-order valence-corrected chi connectivity index (χ1v) is 10.3. The summed E-state index contributed by atoms with van der Waals surface area (Å²) in [7, 11) is -5.16. The highest BCUT2D eigenvalue weighted by atomic mass is 32.2. The molecule has 1 aliphatic heterocycles. The van der Waals surface area contributed by atoms with Crippen molar-refractivity contribution in [3.63, 3.8) is 0 Å². The molecule has 0 radical (unpaired) electrons. The molecule has 0 saturated carbocycles. The fourth-order valence-corrected chi connectivity index (χ4v) is 4.05. The monoisotopic (exact) mass is 347 g/mol. The Morgan fingerprint density at radius 1 is 1.18 bits per heavy atom. The lowest BCUT2D eigenvalue weighted by Gasteiger charge is -2.14. The molecule has 1 atom stereocenters. The van der Waals surface area contributed by atoms with Crippen LogP contribution in [0.1, 0.15) is 6.42 Å². The number of hydrogen-bond donors (Lipinski definition) is 2. The van der Waals surface area contributed by atoms with Gasteiger partial charge in [0.15, 0.2) is 0 Å². The number of sulfonamides is 2. The molecule has 1 fully saturated rings. The first kappa shape index (κ1) is 17.2. The zero-order chi connectivity index (χ0) is 16.4. The van der Waals surface area contributed by atoms with Crippen molar-refractivity contribution in [1.29, 1.82) is 0 Å². The van der Waals surface area contributed by atoms with E-state index in [4.69, 9.17) is 0 Å². The molecule has 0 aromatic heterocycles. The average molecular weight is 347 g/mol. The second kappa shape index (κ2) is 6.53. The van der Waals surface area contributed by atoms with Crippen LogP contribution in [0.15, 0.2) is 29.2 Å². The van der Waals surface area contributed by atoms with Gasteiger partial charge in [0.25, 0.3) is 0 Å². The molecule has 22 heavy (non-hydrogen) atoms. The van der Waals surface area contributed by atoms with Crippen molar-refractivity contribution < 1.29 is 16.8 Å². The van der Waals surface area contributed by atoms with Gasteiger partial charge in [-0.15, -0.1) is 0 Å². The minimum atomic E-state index is -3.42. The van der Waals surface area contributed by atoms with Crippen LogP contribution in [0.5, 0.6) is 0 Å². The zero-order valence-electron chi connectivity index (χ0n) is 12.6. The van der Waals surface area contributed by atoms with Crippen LogP contribution in [-0.4, -0.2) is 54.1 Å². The first-order chi connectivity index (χ1) is 10.2. The Hall–Kier alpha value is -1.16. The van der Waals surface area contributed by atoms with Gasteiger partial charge >= 0.3 is 0 Å². The number of nitrogens with one attached hydrogen (secondary N) is 2. The minimum Gasteiger partial charge on any atom is -0.385 e. The molecule has 2 rings (SSSR count). The van der Waals surface area contributed by atoms with E-state index in [0.717, 1.165) is 12.1 Å². The van der Waals surface area contributed by atoms with Gasteiger partial charge in [0.2, 0.25) is 20.0 Å². The van der Waals surface area contributed by atoms with Gasteiger partial charge in [-0.3, -0.25) is 0 Å². The standard InChI is InChI=1S/C13H21N3O4S2/c1-14-22(19,20)13-5-3-12(4-6-13)15-9-11-7-8-16(10-11)21(2,17)18/h3-6,11,14-15H,7-10H2,1-2H3. The molecule has 1 heterocycles. The molecule has 1 aliphatic rings. The van der Waals surface area contributed by atoms with Gasteiger partial charge in [0, 0.05) is 25.3 Å². The molecule has 0 bridgehead atoms. The fourth-order valence-electron chi connectivity index (χ4n) is 2.40. The first-order valence-electron chi connectivity index (χ1n) is 6.95. The molecule has 2 N–H and O–H groups in total. The molecule has 1 unspecified atom stereocenters. The average Bonchev–Trinajstić information content (AvgIpc) is 2.94. The Morgan fingerprint density at radius 2 is 1.82 bits per heavy atom. The third kappa shape index (κ3) is 4.19. The predicted molar refractivity (Wildman–Crippen MR) is 85.7 cm³/mol. The highest BCUT2D eigenvalue weighted by Crippen LogP contribution is 2.20. The molecule has 0 amide bonds. The van der Waals surface area contributed by atoms with Crippen molar-refractivity contribution in [1.82, 2.24) is 9.03 Å². The lowest BCUT2D eigenvalue weighted by Crippen LogP contribution is -2.28. The summed E-state index contributed by atoms with van der Waals surface area (Å²) in [5.74, 6) is 0.260. The Balaban J connectivity index is 1.91. The SMILES string of the molecule is CNS(=O)(=O)c1ccc(NCC2CCN(S(C)(=O)=O)C2)cc1. The fraction of sp³-hybridized carbons (Fsp3) is 0.538. The Bertz CT molecular complexity index is 714. The molecule has 7 nitrogen and oxygen atoms in total. The second-order valence-corrected chi connectivity index (χ2v) is 9.26. The molecular formula is C13H21N3O4S2. The summed E-state index contributed by atoms with van der Waals surface area (Å²) >= 11 is 0. The molecule has 1 aromatic rings. The van der Waals surface area contributed by atoms with Gasteiger partial charge in [-0.05, 0) is 43.7 Å².